The Labute approximate surface area is 104 Å². The molecule has 3 atom stereocenters. The van der Waals surface area contributed by atoms with E-state index in [9.17, 15) is 0 Å². The second kappa shape index (κ2) is 4.19. The van der Waals surface area contributed by atoms with E-state index < -0.39 is 11.6 Å². The molecule has 4 nitrogen and oxygen atoms in total. The van der Waals surface area contributed by atoms with Crippen molar-refractivity contribution in [3.8, 4) is 0 Å². The van der Waals surface area contributed by atoms with Crippen LogP contribution < -0.4 is 0 Å². The maximum Gasteiger partial charge on any atom is 0.163 e. The number of hydrogen-bond donors (Lipinski definition) is 0. The average Bonchev–Trinajstić information content (AvgIpc) is 2.66. The molecule has 100 valence electrons. The maximum absolute atomic E-state index is 5.97. The molecule has 2 aliphatic heterocycles. The molecule has 2 fully saturated rings. The van der Waals surface area contributed by atoms with E-state index in [0.29, 0.717) is 12.5 Å². The second-order valence-corrected chi connectivity index (χ2v) is 6.18. The summed E-state index contributed by atoms with van der Waals surface area (Å²) in [4.78, 5) is 0. The molecule has 2 aliphatic rings. The summed E-state index contributed by atoms with van der Waals surface area (Å²) in [5.74, 6) is -0.646. The van der Waals surface area contributed by atoms with Crippen LogP contribution in [-0.2, 0) is 18.9 Å². The van der Waals surface area contributed by atoms with Crippen LogP contribution in [0.3, 0.4) is 0 Å². The summed E-state index contributed by atoms with van der Waals surface area (Å²) in [5, 5.41) is 0. The van der Waals surface area contributed by atoms with Crippen molar-refractivity contribution in [3.05, 3.63) is 0 Å². The minimum atomic E-state index is -0.532. The third-order valence-corrected chi connectivity index (χ3v) is 3.22. The quantitative estimate of drug-likeness (QED) is 0.747. The number of hydrogen-bond acceptors (Lipinski definition) is 4. The highest BCUT2D eigenvalue weighted by atomic mass is 16.8. The smallest absolute Gasteiger partial charge is 0.163 e. The summed E-state index contributed by atoms with van der Waals surface area (Å²) in [6.45, 7) is 12.6. The lowest BCUT2D eigenvalue weighted by molar-refractivity contribution is -0.175. The van der Waals surface area contributed by atoms with Crippen LogP contribution in [0.2, 0.25) is 0 Å². The summed E-state index contributed by atoms with van der Waals surface area (Å²) < 4.78 is 23.4. The molecule has 0 N–H and O–H groups in total. The van der Waals surface area contributed by atoms with E-state index in [1.54, 1.807) is 0 Å². The Kier molecular flexibility index (Phi) is 3.28. The highest BCUT2D eigenvalue weighted by Gasteiger charge is 2.50. The van der Waals surface area contributed by atoms with Crippen LogP contribution in [0.1, 0.15) is 41.5 Å². The summed E-state index contributed by atoms with van der Waals surface area (Å²) >= 11 is 0. The fourth-order valence-electron chi connectivity index (χ4n) is 2.50. The molecule has 0 aromatic carbocycles. The van der Waals surface area contributed by atoms with Gasteiger partial charge in [-0.2, -0.15) is 0 Å². The van der Waals surface area contributed by atoms with Gasteiger partial charge >= 0.3 is 0 Å². The van der Waals surface area contributed by atoms with Crippen LogP contribution in [0.25, 0.3) is 0 Å². The van der Waals surface area contributed by atoms with Crippen molar-refractivity contribution in [2.45, 2.75) is 71.4 Å². The largest absolute Gasteiger partial charge is 0.348 e. The standard InChI is InChI=1S/C13H24O4/c1-8(2)10-11(17-13(5,6)16-10)9-7-14-12(3,4)15-9/h8-11H,7H2,1-6H3/t9-,10-,11-/m1/s1. The van der Waals surface area contributed by atoms with Gasteiger partial charge in [-0.1, -0.05) is 13.8 Å². The zero-order chi connectivity index (χ0) is 12.8. The molecule has 4 heteroatoms. The first-order chi connectivity index (χ1) is 7.70. The average molecular weight is 244 g/mol. The summed E-state index contributed by atoms with van der Waals surface area (Å²) in [7, 11) is 0. The van der Waals surface area contributed by atoms with Gasteiger partial charge in [0.1, 0.15) is 12.2 Å². The van der Waals surface area contributed by atoms with Crippen LogP contribution in [0, 0.1) is 5.92 Å². The molecule has 0 bridgehead atoms. The van der Waals surface area contributed by atoms with E-state index in [1.807, 2.05) is 27.7 Å². The normalized spacial score (nSPS) is 40.1. The van der Waals surface area contributed by atoms with Gasteiger partial charge in [-0.25, -0.2) is 0 Å². The van der Waals surface area contributed by atoms with Crippen LogP contribution >= 0.6 is 0 Å². The Morgan fingerprint density at radius 2 is 1.59 bits per heavy atom. The van der Waals surface area contributed by atoms with E-state index in [2.05, 4.69) is 13.8 Å². The lowest BCUT2D eigenvalue weighted by Crippen LogP contribution is -2.40. The molecule has 2 rings (SSSR count). The first-order valence-corrected chi connectivity index (χ1v) is 6.38. The zero-order valence-electron chi connectivity index (χ0n) is 11.6. The minimum Gasteiger partial charge on any atom is -0.348 e. The molecule has 0 aliphatic carbocycles. The topological polar surface area (TPSA) is 36.9 Å². The van der Waals surface area contributed by atoms with Gasteiger partial charge in [-0.05, 0) is 33.6 Å². The molecule has 0 unspecified atom stereocenters. The molecule has 0 amide bonds. The first kappa shape index (κ1) is 13.3. The van der Waals surface area contributed by atoms with E-state index in [1.165, 1.54) is 0 Å². The number of ether oxygens (including phenoxy) is 4. The fraction of sp³-hybridized carbons (Fsp3) is 1.00. The van der Waals surface area contributed by atoms with Crippen LogP contribution in [-0.4, -0.2) is 36.5 Å². The van der Waals surface area contributed by atoms with E-state index in [0.717, 1.165) is 0 Å². The summed E-state index contributed by atoms with van der Waals surface area (Å²) in [6.07, 6.45) is -0.0292. The van der Waals surface area contributed by atoms with Gasteiger partial charge in [0.15, 0.2) is 11.6 Å². The Balaban J connectivity index is 2.09. The van der Waals surface area contributed by atoms with E-state index in [4.69, 9.17) is 18.9 Å². The van der Waals surface area contributed by atoms with Gasteiger partial charge in [0, 0.05) is 0 Å². The van der Waals surface area contributed by atoms with Crippen molar-refractivity contribution in [1.82, 2.24) is 0 Å². The Morgan fingerprint density at radius 3 is 2.06 bits per heavy atom. The maximum atomic E-state index is 5.97. The molecule has 0 saturated carbocycles. The molecule has 2 saturated heterocycles. The molecule has 2 heterocycles. The third-order valence-electron chi connectivity index (χ3n) is 3.22. The molecule has 0 radical (unpaired) electrons. The van der Waals surface area contributed by atoms with Gasteiger partial charge in [-0.15, -0.1) is 0 Å². The monoisotopic (exact) mass is 244 g/mol. The van der Waals surface area contributed by atoms with Crippen molar-refractivity contribution in [2.75, 3.05) is 6.61 Å². The van der Waals surface area contributed by atoms with Crippen LogP contribution in [0.4, 0.5) is 0 Å². The summed E-state index contributed by atoms with van der Waals surface area (Å²) in [6, 6.07) is 0. The van der Waals surface area contributed by atoms with Crippen molar-refractivity contribution < 1.29 is 18.9 Å². The third kappa shape index (κ3) is 2.81. The fourth-order valence-corrected chi connectivity index (χ4v) is 2.50. The van der Waals surface area contributed by atoms with Crippen LogP contribution in [0.5, 0.6) is 0 Å². The van der Waals surface area contributed by atoms with Crippen molar-refractivity contribution >= 4 is 0 Å². The van der Waals surface area contributed by atoms with Gasteiger partial charge in [0.25, 0.3) is 0 Å². The second-order valence-electron chi connectivity index (χ2n) is 6.18. The Hall–Kier alpha value is -0.160. The van der Waals surface area contributed by atoms with Crippen molar-refractivity contribution in [3.63, 3.8) is 0 Å². The molecule has 17 heavy (non-hydrogen) atoms. The Bertz CT molecular complexity index is 285. The van der Waals surface area contributed by atoms with Gasteiger partial charge < -0.3 is 18.9 Å². The molecule has 0 spiro atoms. The molecule has 0 aromatic rings. The predicted molar refractivity (Wildman–Crippen MR) is 63.6 cm³/mol. The minimum absolute atomic E-state index is 0.0424. The molecule has 0 aromatic heterocycles. The lowest BCUT2D eigenvalue weighted by Gasteiger charge is -2.25. The van der Waals surface area contributed by atoms with Gasteiger partial charge in [0.2, 0.25) is 0 Å². The van der Waals surface area contributed by atoms with Crippen molar-refractivity contribution in [2.24, 2.45) is 5.92 Å². The van der Waals surface area contributed by atoms with Crippen molar-refractivity contribution in [1.29, 1.82) is 0 Å². The molecular weight excluding hydrogens is 220 g/mol. The van der Waals surface area contributed by atoms with Crippen LogP contribution in [0.15, 0.2) is 0 Å². The van der Waals surface area contributed by atoms with Gasteiger partial charge in [-0.3, -0.25) is 0 Å². The highest BCUT2D eigenvalue weighted by molar-refractivity contribution is 4.91. The predicted octanol–water partition coefficient (Wildman–Crippen LogP) is 2.31. The Morgan fingerprint density at radius 1 is 0.941 bits per heavy atom. The molecular formula is C13H24O4. The SMILES string of the molecule is CC(C)[C@H]1OC(C)(C)O[C@@H]1[C@H]1COC(C)(C)O1. The summed E-state index contributed by atoms with van der Waals surface area (Å²) in [5.41, 5.74) is 0. The zero-order valence-corrected chi connectivity index (χ0v) is 11.6. The highest BCUT2D eigenvalue weighted by Crippen LogP contribution is 2.37. The van der Waals surface area contributed by atoms with E-state index in [-0.39, 0.29) is 18.3 Å². The van der Waals surface area contributed by atoms with E-state index >= 15 is 0 Å². The van der Waals surface area contributed by atoms with Gasteiger partial charge in [0.05, 0.1) is 12.7 Å². The lowest BCUT2D eigenvalue weighted by atomic mass is 9.98. The number of rotatable bonds is 2. The first-order valence-electron chi connectivity index (χ1n) is 6.38.